The zero-order valence-corrected chi connectivity index (χ0v) is 20.8. The fourth-order valence-electron chi connectivity index (χ4n) is 4.26. The van der Waals surface area contributed by atoms with Gasteiger partial charge in [0.2, 0.25) is 5.91 Å². The first-order valence-electron chi connectivity index (χ1n) is 10.8. The molecule has 0 unspecified atom stereocenters. The van der Waals surface area contributed by atoms with Crippen LogP contribution < -0.4 is 4.90 Å². The summed E-state index contributed by atoms with van der Waals surface area (Å²) in [6.45, 7) is 9.60. The predicted molar refractivity (Wildman–Crippen MR) is 129 cm³/mol. The van der Waals surface area contributed by atoms with Gasteiger partial charge in [-0.25, -0.2) is 8.42 Å². The zero-order valence-electron chi connectivity index (χ0n) is 18.5. The van der Waals surface area contributed by atoms with E-state index in [1.54, 1.807) is 11.0 Å². The number of rotatable bonds is 5. The summed E-state index contributed by atoms with van der Waals surface area (Å²) in [6.07, 6.45) is 0. The molecule has 1 amide bonds. The van der Waals surface area contributed by atoms with Crippen molar-refractivity contribution >= 4 is 44.6 Å². The number of aryl methyl sites for hydroxylation is 1. The van der Waals surface area contributed by atoms with Crippen molar-refractivity contribution in [3.8, 4) is 0 Å². The van der Waals surface area contributed by atoms with E-state index in [4.69, 9.17) is 11.6 Å². The lowest BCUT2D eigenvalue weighted by Crippen LogP contribution is -2.54. The van der Waals surface area contributed by atoms with Crippen molar-refractivity contribution in [1.29, 1.82) is 0 Å². The third-order valence-corrected chi connectivity index (χ3v) is 9.98. The highest BCUT2D eigenvalue weighted by molar-refractivity contribution is 7.91. The molecular weight excluding hydrogens is 468 g/mol. The number of carbonyl (C=O) groups excluding carboxylic acids is 1. The number of anilines is 1. The number of hydrogen-bond donors (Lipinski definition) is 0. The first-order valence-corrected chi connectivity index (χ1v) is 13.5. The van der Waals surface area contributed by atoms with Crippen LogP contribution >= 0.6 is 22.9 Å². The normalized spacial score (nSPS) is 18.8. The minimum atomic E-state index is -3.54. The Morgan fingerprint density at radius 2 is 1.66 bits per heavy atom. The highest BCUT2D eigenvalue weighted by Crippen LogP contribution is 2.28. The molecular formula is C22H29ClN4O3S2. The Balaban J connectivity index is 1.26. The molecule has 1 aromatic carbocycles. The molecule has 0 N–H and O–H groups in total. The second-order valence-corrected chi connectivity index (χ2v) is 12.2. The highest BCUT2D eigenvalue weighted by Gasteiger charge is 2.32. The van der Waals surface area contributed by atoms with E-state index in [0.717, 1.165) is 37.5 Å². The number of hydrogen-bond acceptors (Lipinski definition) is 6. The summed E-state index contributed by atoms with van der Waals surface area (Å²) in [5.41, 5.74) is 3.89. The number of benzene rings is 1. The number of nitrogens with zero attached hydrogens (tertiary/aromatic N) is 4. The quantitative estimate of drug-likeness (QED) is 0.636. The van der Waals surface area contributed by atoms with E-state index < -0.39 is 10.0 Å². The molecule has 10 heteroatoms. The molecule has 0 aliphatic carbocycles. The summed E-state index contributed by atoms with van der Waals surface area (Å²) < 4.78 is 27.6. The van der Waals surface area contributed by atoms with Gasteiger partial charge in [-0.3, -0.25) is 9.69 Å². The molecule has 4 rings (SSSR count). The molecule has 0 bridgehead atoms. The molecule has 2 aliphatic rings. The van der Waals surface area contributed by atoms with Gasteiger partial charge in [0.05, 0.1) is 10.9 Å². The molecule has 2 aromatic rings. The Hall–Kier alpha value is -1.65. The van der Waals surface area contributed by atoms with E-state index in [9.17, 15) is 13.2 Å². The van der Waals surface area contributed by atoms with Crippen LogP contribution in [0.1, 0.15) is 11.1 Å². The summed E-state index contributed by atoms with van der Waals surface area (Å²) in [6, 6.07) is 9.53. The minimum absolute atomic E-state index is 0.0707. The molecule has 174 valence electrons. The monoisotopic (exact) mass is 496 g/mol. The van der Waals surface area contributed by atoms with E-state index in [1.165, 1.54) is 27.2 Å². The second kappa shape index (κ2) is 9.69. The second-order valence-electron chi connectivity index (χ2n) is 8.33. The number of sulfonamides is 1. The van der Waals surface area contributed by atoms with Gasteiger partial charge in [-0.1, -0.05) is 23.7 Å². The Kier molecular flexibility index (Phi) is 7.11. The molecule has 2 saturated heterocycles. The van der Waals surface area contributed by atoms with Crippen LogP contribution in [0, 0.1) is 13.8 Å². The molecule has 0 spiro atoms. The largest absolute Gasteiger partial charge is 0.369 e. The Morgan fingerprint density at radius 1 is 0.969 bits per heavy atom. The smallest absolute Gasteiger partial charge is 0.252 e. The fraction of sp³-hybridized carbons (Fsp3) is 0.500. The molecule has 1 aromatic heterocycles. The van der Waals surface area contributed by atoms with Gasteiger partial charge < -0.3 is 9.80 Å². The van der Waals surface area contributed by atoms with E-state index in [0.29, 0.717) is 37.1 Å². The topological polar surface area (TPSA) is 64.2 Å². The Bertz CT molecular complexity index is 1070. The summed E-state index contributed by atoms with van der Waals surface area (Å²) in [5, 5.41) is 0. The maximum absolute atomic E-state index is 12.8. The van der Waals surface area contributed by atoms with Gasteiger partial charge in [0.15, 0.2) is 0 Å². The van der Waals surface area contributed by atoms with Crippen LogP contribution in [0.3, 0.4) is 0 Å². The maximum Gasteiger partial charge on any atom is 0.252 e. The van der Waals surface area contributed by atoms with Gasteiger partial charge in [0.1, 0.15) is 4.21 Å². The van der Waals surface area contributed by atoms with Crippen LogP contribution in [0.5, 0.6) is 0 Å². The van der Waals surface area contributed by atoms with Gasteiger partial charge in [-0.2, -0.15) is 4.31 Å². The number of carbonyl (C=O) groups is 1. The Labute approximate surface area is 199 Å². The summed E-state index contributed by atoms with van der Waals surface area (Å²) in [5.74, 6) is 0.0707. The lowest BCUT2D eigenvalue weighted by atomic mass is 10.1. The molecule has 0 saturated carbocycles. The average molecular weight is 497 g/mol. The first kappa shape index (κ1) is 23.5. The number of amides is 1. The molecule has 2 aliphatic heterocycles. The molecule has 32 heavy (non-hydrogen) atoms. The number of thiophene rings is 1. The third-order valence-electron chi connectivity index (χ3n) is 6.38. The molecule has 7 nitrogen and oxygen atoms in total. The van der Waals surface area contributed by atoms with E-state index in [2.05, 4.69) is 41.8 Å². The number of halogens is 1. The van der Waals surface area contributed by atoms with Gasteiger partial charge in [-0.15, -0.1) is 11.3 Å². The summed E-state index contributed by atoms with van der Waals surface area (Å²) in [7, 11) is -3.54. The van der Waals surface area contributed by atoms with Crippen LogP contribution in [0.2, 0.25) is 4.34 Å². The van der Waals surface area contributed by atoms with E-state index >= 15 is 0 Å². The molecule has 3 heterocycles. The third kappa shape index (κ3) is 4.97. The van der Waals surface area contributed by atoms with Crippen LogP contribution in [0.25, 0.3) is 0 Å². The lowest BCUT2D eigenvalue weighted by Gasteiger charge is -2.38. The SMILES string of the molecule is Cc1cccc(N2CCN(CC(=O)N3CCN(S(=O)(=O)c4ccc(Cl)s4)CC3)CC2)c1C. The number of piperazine rings is 2. The van der Waals surface area contributed by atoms with Crippen molar-refractivity contribution in [2.24, 2.45) is 0 Å². The van der Waals surface area contributed by atoms with Crippen molar-refractivity contribution in [2.45, 2.75) is 18.1 Å². The van der Waals surface area contributed by atoms with Crippen LogP contribution in [-0.4, -0.2) is 87.3 Å². The van der Waals surface area contributed by atoms with Gasteiger partial charge in [0, 0.05) is 58.0 Å². The van der Waals surface area contributed by atoms with E-state index in [-0.39, 0.29) is 10.1 Å². The molecule has 0 atom stereocenters. The zero-order chi connectivity index (χ0) is 22.9. The van der Waals surface area contributed by atoms with Crippen molar-refractivity contribution in [2.75, 3.05) is 63.8 Å². The van der Waals surface area contributed by atoms with Crippen molar-refractivity contribution in [3.63, 3.8) is 0 Å². The first-order chi connectivity index (χ1) is 15.3. The van der Waals surface area contributed by atoms with Crippen molar-refractivity contribution in [1.82, 2.24) is 14.1 Å². The standard InChI is InChI=1S/C22H29ClN4O3S2/c1-17-4-3-5-19(18(17)2)25-10-8-24(9-11-25)16-21(28)26-12-14-27(15-13-26)32(29,30)22-7-6-20(23)31-22/h3-7H,8-16H2,1-2H3. The van der Waals surface area contributed by atoms with Crippen molar-refractivity contribution < 1.29 is 13.2 Å². The summed E-state index contributed by atoms with van der Waals surface area (Å²) >= 11 is 6.96. The van der Waals surface area contributed by atoms with Crippen LogP contribution in [0.15, 0.2) is 34.5 Å². The van der Waals surface area contributed by atoms with E-state index in [1.807, 2.05) is 0 Å². The highest BCUT2D eigenvalue weighted by atomic mass is 35.5. The van der Waals surface area contributed by atoms with Gasteiger partial charge in [0.25, 0.3) is 10.0 Å². The lowest BCUT2D eigenvalue weighted by molar-refractivity contribution is -0.133. The minimum Gasteiger partial charge on any atom is -0.369 e. The maximum atomic E-state index is 12.8. The predicted octanol–water partition coefficient (Wildman–Crippen LogP) is 2.67. The van der Waals surface area contributed by atoms with Crippen LogP contribution in [0.4, 0.5) is 5.69 Å². The average Bonchev–Trinajstić information content (AvgIpc) is 3.23. The summed E-state index contributed by atoms with van der Waals surface area (Å²) in [4.78, 5) is 19.2. The fourth-order valence-corrected chi connectivity index (χ4v) is 7.32. The Morgan fingerprint density at radius 3 is 2.28 bits per heavy atom. The molecule has 2 fully saturated rings. The van der Waals surface area contributed by atoms with Gasteiger partial charge >= 0.3 is 0 Å². The van der Waals surface area contributed by atoms with Crippen molar-refractivity contribution in [3.05, 3.63) is 45.8 Å². The van der Waals surface area contributed by atoms with Crippen LogP contribution in [-0.2, 0) is 14.8 Å². The molecule has 0 radical (unpaired) electrons. The van der Waals surface area contributed by atoms with Gasteiger partial charge in [-0.05, 0) is 43.2 Å².